The van der Waals surface area contributed by atoms with Crippen molar-refractivity contribution in [1.29, 1.82) is 0 Å². The minimum absolute atomic E-state index is 0.140. The molecule has 4 aromatic rings. The Bertz CT molecular complexity index is 1260. The standard InChI is InChI=1S/C23H19N3O4/c1-16-13-21-24-19(14-23(28)26(21)30-16)15-29-20-10-8-18(9-11-20)25-22(27)12-7-17-5-3-2-4-6-17/h2-14H,15H2,1H3,(H,25,27). The van der Waals surface area contributed by atoms with Crippen LogP contribution in [0.3, 0.4) is 0 Å². The quantitative estimate of drug-likeness (QED) is 0.496. The van der Waals surface area contributed by atoms with Crippen molar-refractivity contribution in [2.24, 2.45) is 0 Å². The second-order valence-corrected chi connectivity index (χ2v) is 6.63. The third kappa shape index (κ3) is 4.64. The first kappa shape index (κ1) is 19.2. The summed E-state index contributed by atoms with van der Waals surface area (Å²) in [6.07, 6.45) is 3.23. The summed E-state index contributed by atoms with van der Waals surface area (Å²) in [4.78, 5) is 28.4. The highest BCUT2D eigenvalue weighted by molar-refractivity contribution is 6.01. The van der Waals surface area contributed by atoms with Gasteiger partial charge in [-0.1, -0.05) is 30.3 Å². The van der Waals surface area contributed by atoms with Crippen LogP contribution in [0.4, 0.5) is 5.69 Å². The molecule has 150 valence electrons. The number of amides is 1. The minimum atomic E-state index is -0.298. The van der Waals surface area contributed by atoms with Gasteiger partial charge in [0.05, 0.1) is 5.69 Å². The van der Waals surface area contributed by atoms with Crippen LogP contribution in [0.25, 0.3) is 11.7 Å². The summed E-state index contributed by atoms with van der Waals surface area (Å²) in [5.41, 5.74) is 2.25. The number of hydrogen-bond donors (Lipinski definition) is 1. The second-order valence-electron chi connectivity index (χ2n) is 6.63. The van der Waals surface area contributed by atoms with Crippen LogP contribution in [-0.4, -0.2) is 15.5 Å². The predicted octanol–water partition coefficient (Wildman–Crippen LogP) is 3.83. The molecule has 0 aliphatic rings. The molecule has 0 fully saturated rings. The average molecular weight is 401 g/mol. The summed E-state index contributed by atoms with van der Waals surface area (Å²) in [5.74, 6) is 0.980. The maximum Gasteiger partial charge on any atom is 0.287 e. The van der Waals surface area contributed by atoms with Crippen LogP contribution in [0.5, 0.6) is 5.75 Å². The summed E-state index contributed by atoms with van der Waals surface area (Å²) in [6.45, 7) is 1.89. The van der Waals surface area contributed by atoms with Crippen molar-refractivity contribution in [2.45, 2.75) is 13.5 Å². The van der Waals surface area contributed by atoms with E-state index in [0.29, 0.717) is 28.5 Å². The predicted molar refractivity (Wildman–Crippen MR) is 113 cm³/mol. The van der Waals surface area contributed by atoms with E-state index in [1.807, 2.05) is 30.3 Å². The van der Waals surface area contributed by atoms with Gasteiger partial charge in [-0.15, -0.1) is 4.57 Å². The third-order valence-corrected chi connectivity index (χ3v) is 4.26. The molecule has 4 rings (SSSR count). The Labute approximate surface area is 172 Å². The van der Waals surface area contributed by atoms with Crippen molar-refractivity contribution in [1.82, 2.24) is 9.56 Å². The van der Waals surface area contributed by atoms with E-state index in [4.69, 9.17) is 9.26 Å². The molecule has 7 nitrogen and oxygen atoms in total. The number of aromatic nitrogens is 2. The van der Waals surface area contributed by atoms with E-state index >= 15 is 0 Å². The zero-order valence-electron chi connectivity index (χ0n) is 16.2. The Morgan fingerprint density at radius 3 is 2.67 bits per heavy atom. The van der Waals surface area contributed by atoms with Gasteiger partial charge in [-0.3, -0.25) is 9.59 Å². The van der Waals surface area contributed by atoms with E-state index < -0.39 is 0 Å². The molecule has 0 atom stereocenters. The number of ether oxygens (including phenoxy) is 1. The van der Waals surface area contributed by atoms with Gasteiger partial charge in [0.15, 0.2) is 5.65 Å². The molecule has 2 aromatic heterocycles. The van der Waals surface area contributed by atoms with Crippen molar-refractivity contribution < 1.29 is 14.1 Å². The van der Waals surface area contributed by atoms with Crippen molar-refractivity contribution in [3.8, 4) is 5.75 Å². The molecule has 0 aliphatic carbocycles. The van der Waals surface area contributed by atoms with Gasteiger partial charge in [0, 0.05) is 23.9 Å². The maximum atomic E-state index is 12.0. The number of carbonyl (C=O) groups excluding carboxylic acids is 1. The van der Waals surface area contributed by atoms with Crippen molar-refractivity contribution in [3.63, 3.8) is 0 Å². The fourth-order valence-electron chi connectivity index (χ4n) is 2.86. The van der Waals surface area contributed by atoms with E-state index in [-0.39, 0.29) is 18.1 Å². The number of aryl methyl sites for hydroxylation is 1. The van der Waals surface area contributed by atoms with Gasteiger partial charge in [-0.2, -0.15) is 0 Å². The second kappa shape index (κ2) is 8.48. The first-order valence-corrected chi connectivity index (χ1v) is 9.33. The number of nitrogens with one attached hydrogen (secondary N) is 1. The Hall–Kier alpha value is -4.13. The van der Waals surface area contributed by atoms with Crippen LogP contribution in [0.1, 0.15) is 17.0 Å². The van der Waals surface area contributed by atoms with Crippen LogP contribution >= 0.6 is 0 Å². The Morgan fingerprint density at radius 2 is 1.90 bits per heavy atom. The van der Waals surface area contributed by atoms with Crippen LogP contribution in [0.2, 0.25) is 0 Å². The molecule has 2 aromatic carbocycles. The average Bonchev–Trinajstić information content (AvgIpc) is 3.13. The van der Waals surface area contributed by atoms with E-state index in [9.17, 15) is 9.59 Å². The van der Waals surface area contributed by atoms with E-state index in [0.717, 1.165) is 10.1 Å². The molecule has 0 radical (unpaired) electrons. The number of anilines is 1. The lowest BCUT2D eigenvalue weighted by Gasteiger charge is -2.07. The molecule has 1 N–H and O–H groups in total. The Kier molecular flexibility index (Phi) is 5.43. The van der Waals surface area contributed by atoms with E-state index in [1.54, 1.807) is 43.3 Å². The van der Waals surface area contributed by atoms with Gasteiger partial charge in [0.25, 0.3) is 5.56 Å². The monoisotopic (exact) mass is 401 g/mol. The molecule has 7 heteroatoms. The van der Waals surface area contributed by atoms with Crippen LogP contribution < -0.4 is 15.6 Å². The Morgan fingerprint density at radius 1 is 1.13 bits per heavy atom. The lowest BCUT2D eigenvalue weighted by Crippen LogP contribution is -2.14. The van der Waals surface area contributed by atoms with E-state index in [2.05, 4.69) is 10.3 Å². The lowest BCUT2D eigenvalue weighted by atomic mass is 10.2. The number of benzene rings is 2. The topological polar surface area (TPSA) is 85.8 Å². The first-order valence-electron chi connectivity index (χ1n) is 9.33. The zero-order valence-corrected chi connectivity index (χ0v) is 16.2. The number of rotatable bonds is 6. The van der Waals surface area contributed by atoms with Gasteiger partial charge < -0.3 is 14.6 Å². The van der Waals surface area contributed by atoms with Crippen molar-refractivity contribution in [3.05, 3.63) is 100 Å². The maximum absolute atomic E-state index is 12.0. The third-order valence-electron chi connectivity index (χ3n) is 4.26. The summed E-state index contributed by atoms with van der Waals surface area (Å²) in [7, 11) is 0. The lowest BCUT2D eigenvalue weighted by molar-refractivity contribution is -0.111. The first-order chi connectivity index (χ1) is 14.6. The SMILES string of the molecule is Cc1cc2nc(COc3ccc(NC(=O)C=Cc4ccccc4)cc3)cc(=O)n2o1. The minimum Gasteiger partial charge on any atom is -0.487 e. The largest absolute Gasteiger partial charge is 0.487 e. The van der Waals surface area contributed by atoms with Gasteiger partial charge >= 0.3 is 0 Å². The summed E-state index contributed by atoms with van der Waals surface area (Å²) < 4.78 is 12.1. The molecular formula is C23H19N3O4. The highest BCUT2D eigenvalue weighted by Gasteiger charge is 2.07. The molecule has 0 bridgehead atoms. The normalized spacial score (nSPS) is 11.1. The fraction of sp³-hybridized carbons (Fsp3) is 0.0870. The summed E-state index contributed by atoms with van der Waals surface area (Å²) in [6, 6.07) is 19.6. The highest BCUT2D eigenvalue weighted by atomic mass is 16.5. The smallest absolute Gasteiger partial charge is 0.287 e. The summed E-state index contributed by atoms with van der Waals surface area (Å²) in [5, 5.41) is 2.79. The van der Waals surface area contributed by atoms with Crippen LogP contribution in [0.15, 0.2) is 82.1 Å². The van der Waals surface area contributed by atoms with Gasteiger partial charge in [-0.05, 0) is 42.8 Å². The van der Waals surface area contributed by atoms with Gasteiger partial charge in [0.1, 0.15) is 18.1 Å². The fourth-order valence-corrected chi connectivity index (χ4v) is 2.86. The number of fused-ring (bicyclic) bond motifs is 1. The number of carbonyl (C=O) groups is 1. The molecular weight excluding hydrogens is 382 g/mol. The molecule has 0 unspecified atom stereocenters. The van der Waals surface area contributed by atoms with E-state index in [1.165, 1.54) is 12.1 Å². The molecule has 0 saturated heterocycles. The number of hydrogen-bond acceptors (Lipinski definition) is 5. The molecule has 2 heterocycles. The molecule has 30 heavy (non-hydrogen) atoms. The van der Waals surface area contributed by atoms with Crippen molar-refractivity contribution in [2.75, 3.05) is 5.32 Å². The van der Waals surface area contributed by atoms with Crippen molar-refractivity contribution >= 4 is 23.3 Å². The highest BCUT2D eigenvalue weighted by Crippen LogP contribution is 2.17. The van der Waals surface area contributed by atoms with Crippen LogP contribution in [-0.2, 0) is 11.4 Å². The molecule has 0 saturated carbocycles. The molecule has 0 aliphatic heterocycles. The molecule has 1 amide bonds. The van der Waals surface area contributed by atoms with Crippen LogP contribution in [0, 0.1) is 6.92 Å². The zero-order chi connectivity index (χ0) is 20.9. The molecule has 0 spiro atoms. The summed E-state index contributed by atoms with van der Waals surface area (Å²) >= 11 is 0. The number of nitrogens with zero attached hydrogens (tertiary/aromatic N) is 2. The Balaban J connectivity index is 1.35. The van der Waals surface area contributed by atoms with Gasteiger partial charge in [0.2, 0.25) is 5.91 Å². The van der Waals surface area contributed by atoms with Gasteiger partial charge in [-0.25, -0.2) is 4.98 Å².